The van der Waals surface area contributed by atoms with Crippen LogP contribution in [0.15, 0.2) is 10.8 Å². The molecule has 1 aromatic rings. The molecule has 1 aliphatic rings. The molecule has 0 aromatic carbocycles. The smallest absolute Gasteiger partial charge is 0.159 e. The predicted molar refractivity (Wildman–Crippen MR) is 67.9 cm³/mol. The summed E-state index contributed by atoms with van der Waals surface area (Å²) in [5, 5.41) is 3.31. The fourth-order valence-electron chi connectivity index (χ4n) is 1.74. The van der Waals surface area contributed by atoms with Gasteiger partial charge >= 0.3 is 0 Å². The second-order valence-corrected chi connectivity index (χ2v) is 5.59. The summed E-state index contributed by atoms with van der Waals surface area (Å²) in [5.41, 5.74) is 2.99. The monoisotopic (exact) mass is 285 g/mol. The number of nitrogens with one attached hydrogen (secondary N) is 2. The molecule has 88 valence electrons. The lowest BCUT2D eigenvalue weighted by atomic mass is 10.1. The summed E-state index contributed by atoms with van der Waals surface area (Å²) >= 11 is 3.41. The molecule has 0 spiro atoms. The standard InChI is InChI=1S/C10H16BrN5/c1-10(2)3-6(10)4-13-8-7(11)9(16-12)15-5-14-8/h5-6H,3-4,12H2,1-2H3,(H2,13,14,15,16). The van der Waals surface area contributed by atoms with Crippen LogP contribution >= 0.6 is 15.9 Å². The van der Waals surface area contributed by atoms with Gasteiger partial charge in [0.2, 0.25) is 0 Å². The average molecular weight is 286 g/mol. The lowest BCUT2D eigenvalue weighted by molar-refractivity contribution is 0.572. The molecule has 6 heteroatoms. The molecule has 0 saturated heterocycles. The van der Waals surface area contributed by atoms with Crippen molar-refractivity contribution in [2.75, 3.05) is 17.3 Å². The zero-order chi connectivity index (χ0) is 11.8. The van der Waals surface area contributed by atoms with Gasteiger partial charge in [-0.3, -0.25) is 0 Å². The van der Waals surface area contributed by atoms with Crippen molar-refractivity contribution in [1.82, 2.24) is 9.97 Å². The van der Waals surface area contributed by atoms with Gasteiger partial charge in [-0.2, -0.15) is 0 Å². The van der Waals surface area contributed by atoms with Crippen LogP contribution < -0.4 is 16.6 Å². The number of halogens is 1. The van der Waals surface area contributed by atoms with E-state index in [0.717, 1.165) is 22.8 Å². The highest BCUT2D eigenvalue weighted by molar-refractivity contribution is 9.10. The summed E-state index contributed by atoms with van der Waals surface area (Å²) in [6.45, 7) is 5.50. The molecule has 1 atom stereocenters. The molecule has 1 fully saturated rings. The van der Waals surface area contributed by atoms with E-state index in [1.54, 1.807) is 0 Å². The van der Waals surface area contributed by atoms with Crippen molar-refractivity contribution in [2.45, 2.75) is 20.3 Å². The maximum atomic E-state index is 5.33. The number of nitrogen functional groups attached to an aromatic ring is 1. The first-order chi connectivity index (χ1) is 7.54. The predicted octanol–water partition coefficient (Wildman–Crippen LogP) is 1.98. The normalized spacial score (nSPS) is 21.6. The van der Waals surface area contributed by atoms with Crippen molar-refractivity contribution in [1.29, 1.82) is 0 Å². The van der Waals surface area contributed by atoms with E-state index in [4.69, 9.17) is 5.84 Å². The van der Waals surface area contributed by atoms with E-state index in [9.17, 15) is 0 Å². The molecule has 0 bridgehead atoms. The molecular weight excluding hydrogens is 270 g/mol. The van der Waals surface area contributed by atoms with E-state index in [-0.39, 0.29) is 0 Å². The average Bonchev–Trinajstić information content (AvgIpc) is 2.85. The van der Waals surface area contributed by atoms with Crippen LogP contribution in [0.2, 0.25) is 0 Å². The van der Waals surface area contributed by atoms with Crippen molar-refractivity contribution in [3.8, 4) is 0 Å². The summed E-state index contributed by atoms with van der Waals surface area (Å²) in [5.74, 6) is 7.43. The quantitative estimate of drug-likeness (QED) is 0.583. The molecular formula is C10H16BrN5. The number of hydrogen-bond donors (Lipinski definition) is 3. The molecule has 2 rings (SSSR count). The minimum absolute atomic E-state index is 0.474. The van der Waals surface area contributed by atoms with Crippen molar-refractivity contribution in [3.05, 3.63) is 10.8 Å². The Bertz CT molecular complexity index is 393. The molecule has 1 unspecified atom stereocenters. The number of rotatable bonds is 4. The molecule has 0 amide bonds. The number of anilines is 2. The number of aromatic nitrogens is 2. The van der Waals surface area contributed by atoms with E-state index >= 15 is 0 Å². The Kier molecular flexibility index (Phi) is 3.03. The highest BCUT2D eigenvalue weighted by Gasteiger charge is 2.45. The summed E-state index contributed by atoms with van der Waals surface area (Å²) in [7, 11) is 0. The fraction of sp³-hybridized carbons (Fsp3) is 0.600. The molecule has 1 heterocycles. The number of nitrogens with two attached hydrogens (primary N) is 1. The van der Waals surface area contributed by atoms with E-state index in [1.807, 2.05) is 0 Å². The van der Waals surface area contributed by atoms with Crippen LogP contribution in [0.4, 0.5) is 11.6 Å². The minimum atomic E-state index is 0.474. The van der Waals surface area contributed by atoms with Gasteiger partial charge in [-0.1, -0.05) is 13.8 Å². The van der Waals surface area contributed by atoms with Crippen molar-refractivity contribution < 1.29 is 0 Å². The summed E-state index contributed by atoms with van der Waals surface area (Å²) in [6.07, 6.45) is 2.75. The van der Waals surface area contributed by atoms with Gasteiger partial charge in [-0.25, -0.2) is 15.8 Å². The highest BCUT2D eigenvalue weighted by atomic mass is 79.9. The first-order valence-electron chi connectivity index (χ1n) is 5.25. The highest BCUT2D eigenvalue weighted by Crippen LogP contribution is 2.51. The van der Waals surface area contributed by atoms with Crippen LogP contribution in [0.5, 0.6) is 0 Å². The topological polar surface area (TPSA) is 75.9 Å². The SMILES string of the molecule is CC1(C)CC1CNc1ncnc(NN)c1Br. The molecule has 5 nitrogen and oxygen atoms in total. The third kappa shape index (κ3) is 2.27. The number of hydrazine groups is 1. The molecule has 1 saturated carbocycles. The Balaban J connectivity index is 1.99. The Morgan fingerprint density at radius 2 is 2.12 bits per heavy atom. The summed E-state index contributed by atoms with van der Waals surface area (Å²) in [4.78, 5) is 8.16. The first-order valence-corrected chi connectivity index (χ1v) is 6.05. The van der Waals surface area contributed by atoms with Gasteiger partial charge in [0.25, 0.3) is 0 Å². The van der Waals surface area contributed by atoms with Crippen LogP contribution in [0.1, 0.15) is 20.3 Å². The Morgan fingerprint density at radius 3 is 2.69 bits per heavy atom. The summed E-state index contributed by atoms with van der Waals surface area (Å²) < 4.78 is 0.774. The molecule has 4 N–H and O–H groups in total. The summed E-state index contributed by atoms with van der Waals surface area (Å²) in [6, 6.07) is 0. The second-order valence-electron chi connectivity index (χ2n) is 4.80. The van der Waals surface area contributed by atoms with E-state index < -0.39 is 0 Å². The first kappa shape index (κ1) is 11.6. The molecule has 0 radical (unpaired) electrons. The van der Waals surface area contributed by atoms with Crippen LogP contribution in [0.25, 0.3) is 0 Å². The lowest BCUT2D eigenvalue weighted by Crippen LogP contribution is -2.13. The third-order valence-corrected chi connectivity index (χ3v) is 3.91. The van der Waals surface area contributed by atoms with Gasteiger partial charge in [-0.05, 0) is 33.7 Å². The maximum Gasteiger partial charge on any atom is 0.159 e. The zero-order valence-electron chi connectivity index (χ0n) is 9.42. The Morgan fingerprint density at radius 1 is 1.50 bits per heavy atom. The molecule has 1 aliphatic carbocycles. The van der Waals surface area contributed by atoms with Crippen molar-refractivity contribution in [3.63, 3.8) is 0 Å². The number of hydrogen-bond acceptors (Lipinski definition) is 5. The van der Waals surface area contributed by atoms with Crippen LogP contribution in [-0.2, 0) is 0 Å². The van der Waals surface area contributed by atoms with Gasteiger partial charge in [0.15, 0.2) is 5.82 Å². The fourth-order valence-corrected chi connectivity index (χ4v) is 2.20. The largest absolute Gasteiger partial charge is 0.369 e. The Labute approximate surface area is 103 Å². The van der Waals surface area contributed by atoms with Crippen molar-refractivity contribution >= 4 is 27.6 Å². The van der Waals surface area contributed by atoms with Crippen LogP contribution in [0.3, 0.4) is 0 Å². The number of nitrogens with zero attached hydrogens (tertiary/aromatic N) is 2. The second kappa shape index (κ2) is 4.18. The molecule has 16 heavy (non-hydrogen) atoms. The zero-order valence-corrected chi connectivity index (χ0v) is 11.0. The third-order valence-electron chi connectivity index (χ3n) is 3.16. The van der Waals surface area contributed by atoms with E-state index in [0.29, 0.717) is 11.2 Å². The van der Waals surface area contributed by atoms with Gasteiger partial charge in [0.1, 0.15) is 16.6 Å². The van der Waals surface area contributed by atoms with Crippen LogP contribution in [-0.4, -0.2) is 16.5 Å². The van der Waals surface area contributed by atoms with E-state index in [2.05, 4.69) is 50.5 Å². The molecule has 1 aromatic heterocycles. The van der Waals surface area contributed by atoms with Crippen LogP contribution in [0, 0.1) is 11.3 Å². The van der Waals surface area contributed by atoms with Gasteiger partial charge < -0.3 is 10.7 Å². The van der Waals surface area contributed by atoms with Gasteiger partial charge in [0, 0.05) is 6.54 Å². The Hall–Kier alpha value is -0.880. The van der Waals surface area contributed by atoms with E-state index in [1.165, 1.54) is 12.7 Å². The minimum Gasteiger partial charge on any atom is -0.369 e. The van der Waals surface area contributed by atoms with Gasteiger partial charge in [-0.15, -0.1) is 0 Å². The van der Waals surface area contributed by atoms with Crippen molar-refractivity contribution in [2.24, 2.45) is 17.2 Å². The van der Waals surface area contributed by atoms with Gasteiger partial charge in [0.05, 0.1) is 0 Å². The lowest BCUT2D eigenvalue weighted by Gasteiger charge is -2.10. The maximum absolute atomic E-state index is 5.33. The molecule has 0 aliphatic heterocycles.